The number of alkyl halides is 1. The number of halogens is 1. The van der Waals surface area contributed by atoms with Crippen LogP contribution in [-0.4, -0.2) is 69.2 Å². The minimum Gasteiger partial charge on any atom is -0.374 e. The third-order valence-electron chi connectivity index (χ3n) is 7.44. The summed E-state index contributed by atoms with van der Waals surface area (Å²) in [6.07, 6.45) is 4.94. The van der Waals surface area contributed by atoms with Gasteiger partial charge in [0.25, 0.3) is 0 Å². The molecule has 0 aliphatic carbocycles. The molecule has 0 amide bonds. The lowest BCUT2D eigenvalue weighted by molar-refractivity contribution is -0.103. The SMILES string of the molecule is C/C=C\CN(CCC1CC(Cl)[C@@H]2CN(S(=O)(=O)c3ccc(C)cc3)CC[C@@H]2O1)S(=O)(=O)c1ccc(C)cc1. The van der Waals surface area contributed by atoms with Gasteiger partial charge in [0, 0.05) is 37.5 Å². The second-order valence-electron chi connectivity index (χ2n) is 10.2. The molecule has 0 aromatic heterocycles. The Morgan fingerprint density at radius 3 is 2.21 bits per heavy atom. The molecule has 2 aliphatic heterocycles. The number of nitrogens with zero attached hydrogens (tertiary/aromatic N) is 2. The third-order valence-corrected chi connectivity index (χ3v) is 11.7. The molecule has 2 aliphatic rings. The number of ether oxygens (including phenoxy) is 1. The van der Waals surface area contributed by atoms with Crippen molar-refractivity contribution < 1.29 is 21.6 Å². The molecule has 0 spiro atoms. The van der Waals surface area contributed by atoms with Crippen LogP contribution >= 0.6 is 11.6 Å². The fourth-order valence-electron chi connectivity index (χ4n) is 5.12. The summed E-state index contributed by atoms with van der Waals surface area (Å²) in [6, 6.07) is 13.8. The summed E-state index contributed by atoms with van der Waals surface area (Å²) in [7, 11) is -7.26. The van der Waals surface area contributed by atoms with E-state index in [0.29, 0.717) is 43.8 Å². The fraction of sp³-hybridized carbons (Fsp3) is 0.500. The molecule has 2 heterocycles. The average molecular weight is 581 g/mol. The van der Waals surface area contributed by atoms with Crippen molar-refractivity contribution in [2.45, 2.75) is 67.4 Å². The van der Waals surface area contributed by atoms with Crippen LogP contribution in [0.3, 0.4) is 0 Å². The number of benzene rings is 2. The predicted molar refractivity (Wildman–Crippen MR) is 150 cm³/mol. The van der Waals surface area contributed by atoms with E-state index in [2.05, 4.69) is 0 Å². The van der Waals surface area contributed by atoms with Crippen LogP contribution in [0.25, 0.3) is 0 Å². The van der Waals surface area contributed by atoms with Crippen molar-refractivity contribution in [3.63, 3.8) is 0 Å². The summed E-state index contributed by atoms with van der Waals surface area (Å²) in [4.78, 5) is 0.563. The minimum absolute atomic E-state index is 0.114. The highest BCUT2D eigenvalue weighted by Gasteiger charge is 2.44. The maximum Gasteiger partial charge on any atom is 0.243 e. The molecule has 2 aromatic rings. The second-order valence-corrected chi connectivity index (χ2v) is 14.6. The maximum atomic E-state index is 13.3. The average Bonchev–Trinajstić information content (AvgIpc) is 2.89. The molecule has 2 fully saturated rings. The molecular weight excluding hydrogens is 544 g/mol. The van der Waals surface area contributed by atoms with E-state index in [4.69, 9.17) is 16.3 Å². The summed E-state index contributed by atoms with van der Waals surface area (Å²) >= 11 is 6.82. The first-order valence-electron chi connectivity index (χ1n) is 13.1. The largest absolute Gasteiger partial charge is 0.374 e. The lowest BCUT2D eigenvalue weighted by Crippen LogP contribution is -2.54. The molecule has 0 saturated carbocycles. The van der Waals surface area contributed by atoms with E-state index in [1.165, 1.54) is 8.61 Å². The maximum absolute atomic E-state index is 13.3. The zero-order valence-corrected chi connectivity index (χ0v) is 24.6. The molecule has 4 atom stereocenters. The van der Waals surface area contributed by atoms with Crippen LogP contribution in [0.4, 0.5) is 0 Å². The molecule has 7 nitrogen and oxygen atoms in total. The van der Waals surface area contributed by atoms with Gasteiger partial charge in [-0.3, -0.25) is 0 Å². The zero-order chi connectivity index (χ0) is 27.5. The number of hydrogen-bond donors (Lipinski definition) is 0. The molecule has 2 unspecified atom stereocenters. The molecule has 2 aromatic carbocycles. The van der Waals surface area contributed by atoms with Gasteiger partial charge in [0.15, 0.2) is 0 Å². The Morgan fingerprint density at radius 2 is 1.61 bits per heavy atom. The van der Waals surface area contributed by atoms with Gasteiger partial charge < -0.3 is 4.74 Å². The van der Waals surface area contributed by atoms with E-state index in [1.54, 1.807) is 48.5 Å². The van der Waals surface area contributed by atoms with Gasteiger partial charge in [-0.25, -0.2) is 16.8 Å². The number of sulfonamides is 2. The van der Waals surface area contributed by atoms with Crippen LogP contribution in [0.2, 0.25) is 0 Å². The number of rotatable bonds is 9. The van der Waals surface area contributed by atoms with Crippen molar-refractivity contribution in [2.75, 3.05) is 26.2 Å². The molecule has 10 heteroatoms. The van der Waals surface area contributed by atoms with E-state index in [1.807, 2.05) is 32.9 Å². The van der Waals surface area contributed by atoms with Gasteiger partial charge in [-0.2, -0.15) is 8.61 Å². The van der Waals surface area contributed by atoms with E-state index in [-0.39, 0.29) is 34.9 Å². The van der Waals surface area contributed by atoms with Crippen molar-refractivity contribution in [3.8, 4) is 0 Å². The first kappa shape index (κ1) is 29.2. The van der Waals surface area contributed by atoms with E-state index >= 15 is 0 Å². The lowest BCUT2D eigenvalue weighted by atomic mass is 9.86. The van der Waals surface area contributed by atoms with Gasteiger partial charge in [-0.05, 0) is 64.3 Å². The summed E-state index contributed by atoms with van der Waals surface area (Å²) in [5.74, 6) is -0.114. The second kappa shape index (κ2) is 12.2. The topological polar surface area (TPSA) is 84.0 Å². The Labute approximate surface area is 232 Å². The van der Waals surface area contributed by atoms with Crippen LogP contribution in [-0.2, 0) is 24.8 Å². The number of aryl methyl sites for hydroxylation is 2. The Morgan fingerprint density at radius 1 is 1.00 bits per heavy atom. The molecule has 38 heavy (non-hydrogen) atoms. The van der Waals surface area contributed by atoms with Crippen molar-refractivity contribution >= 4 is 31.6 Å². The number of allylic oxidation sites excluding steroid dienone is 1. The quantitative estimate of drug-likeness (QED) is 0.316. The standard InChI is InChI=1S/C28H37ClN2O5S2/c1-4-5-16-30(37(32,33)24-10-6-21(2)7-11-24)17-14-23-19-27(29)26-20-31(18-15-28(26)36-23)38(34,35)25-12-8-22(3)9-13-25/h4-13,23,26-28H,14-20H2,1-3H3/b5-4-/t23?,26-,27?,28-/m0/s1. The Balaban J connectivity index is 1.40. The van der Waals surface area contributed by atoms with Crippen molar-refractivity contribution in [1.82, 2.24) is 8.61 Å². The van der Waals surface area contributed by atoms with Gasteiger partial charge in [0.2, 0.25) is 20.0 Å². The van der Waals surface area contributed by atoms with Crippen LogP contribution in [0.1, 0.15) is 37.3 Å². The van der Waals surface area contributed by atoms with Crippen LogP contribution in [0.15, 0.2) is 70.5 Å². The van der Waals surface area contributed by atoms with Gasteiger partial charge in [-0.1, -0.05) is 47.5 Å². The first-order valence-corrected chi connectivity index (χ1v) is 16.4. The molecule has 0 N–H and O–H groups in total. The Hall–Kier alpha value is -1.75. The first-order chi connectivity index (χ1) is 18.0. The van der Waals surface area contributed by atoms with E-state index in [9.17, 15) is 16.8 Å². The Bertz CT molecular complexity index is 1330. The normalized spacial score (nSPS) is 25.1. The third kappa shape index (κ3) is 6.51. The number of hydrogen-bond acceptors (Lipinski definition) is 5. The van der Waals surface area contributed by atoms with Gasteiger partial charge in [-0.15, -0.1) is 11.6 Å². The van der Waals surface area contributed by atoms with Crippen molar-refractivity contribution in [1.29, 1.82) is 0 Å². The lowest BCUT2D eigenvalue weighted by Gasteiger charge is -2.45. The summed E-state index contributed by atoms with van der Waals surface area (Å²) < 4.78 is 62.5. The van der Waals surface area contributed by atoms with Gasteiger partial charge in [0.1, 0.15) is 0 Å². The highest BCUT2D eigenvalue weighted by atomic mass is 35.5. The molecular formula is C28H37ClN2O5S2. The summed E-state index contributed by atoms with van der Waals surface area (Å²) in [5.41, 5.74) is 2.01. The van der Waals surface area contributed by atoms with Crippen molar-refractivity contribution in [2.24, 2.45) is 5.92 Å². The van der Waals surface area contributed by atoms with Crippen LogP contribution in [0, 0.1) is 19.8 Å². The van der Waals surface area contributed by atoms with E-state index in [0.717, 1.165) is 11.1 Å². The van der Waals surface area contributed by atoms with Gasteiger partial charge >= 0.3 is 0 Å². The molecule has 208 valence electrons. The highest BCUT2D eigenvalue weighted by Crippen LogP contribution is 2.37. The predicted octanol–water partition coefficient (Wildman–Crippen LogP) is 4.74. The minimum atomic E-state index is -3.66. The smallest absolute Gasteiger partial charge is 0.243 e. The molecule has 0 radical (unpaired) electrons. The van der Waals surface area contributed by atoms with Gasteiger partial charge in [0.05, 0.1) is 22.0 Å². The summed E-state index contributed by atoms with van der Waals surface area (Å²) in [5, 5.41) is -0.257. The summed E-state index contributed by atoms with van der Waals surface area (Å²) in [6.45, 7) is 6.98. The fourth-order valence-corrected chi connectivity index (χ4v) is 8.46. The zero-order valence-electron chi connectivity index (χ0n) is 22.2. The monoisotopic (exact) mass is 580 g/mol. The Kier molecular flexibility index (Phi) is 9.38. The van der Waals surface area contributed by atoms with E-state index < -0.39 is 20.0 Å². The van der Waals surface area contributed by atoms with Crippen molar-refractivity contribution in [3.05, 3.63) is 71.8 Å². The number of fused-ring (bicyclic) bond motifs is 1. The highest BCUT2D eigenvalue weighted by molar-refractivity contribution is 7.89. The molecule has 2 saturated heterocycles. The van der Waals surface area contributed by atoms with Crippen LogP contribution in [0.5, 0.6) is 0 Å². The molecule has 4 rings (SSSR count). The molecule has 0 bridgehead atoms. The number of piperidine rings is 1. The van der Waals surface area contributed by atoms with Crippen LogP contribution < -0.4 is 0 Å².